The Labute approximate surface area is 174 Å². The van der Waals surface area contributed by atoms with Gasteiger partial charge >= 0.3 is 0 Å². The van der Waals surface area contributed by atoms with E-state index in [0.717, 1.165) is 31.4 Å². The molecule has 2 aliphatic rings. The van der Waals surface area contributed by atoms with Crippen LogP contribution in [-0.2, 0) is 6.42 Å². The van der Waals surface area contributed by atoms with Crippen LogP contribution in [0.2, 0.25) is 0 Å². The van der Waals surface area contributed by atoms with Crippen molar-refractivity contribution in [1.82, 2.24) is 14.9 Å². The predicted octanol–water partition coefficient (Wildman–Crippen LogP) is 5.71. The highest BCUT2D eigenvalue weighted by atomic mass is 15.4. The quantitative estimate of drug-likeness (QED) is 0.507. The Morgan fingerprint density at radius 3 is 2.04 bits per heavy atom. The average Bonchev–Trinajstić information content (AvgIpc) is 2.93. The highest BCUT2D eigenvalue weighted by molar-refractivity contribution is 5.37. The third kappa shape index (κ3) is 7.35. The lowest BCUT2D eigenvalue weighted by Crippen LogP contribution is -2.53. The number of anilines is 1. The largest absolute Gasteiger partial charge is 0.332 e. The summed E-state index contributed by atoms with van der Waals surface area (Å²) in [5.41, 5.74) is 1.30. The van der Waals surface area contributed by atoms with Gasteiger partial charge in [0.15, 0.2) is 0 Å². The van der Waals surface area contributed by atoms with E-state index in [9.17, 15) is 0 Å². The molecule has 0 spiro atoms. The first-order chi connectivity index (χ1) is 13.5. The molecular formula is C24H44N4. The maximum absolute atomic E-state index is 4.71. The number of hydrogen-bond acceptors (Lipinski definition) is 4. The van der Waals surface area contributed by atoms with Crippen molar-refractivity contribution in [2.45, 2.75) is 104 Å². The van der Waals surface area contributed by atoms with Gasteiger partial charge in [0.05, 0.1) is 0 Å². The topological polar surface area (TPSA) is 32.3 Å². The van der Waals surface area contributed by atoms with Crippen molar-refractivity contribution >= 4 is 5.95 Å². The van der Waals surface area contributed by atoms with Gasteiger partial charge in [0.2, 0.25) is 5.95 Å². The Balaban J connectivity index is 0.000000878. The lowest BCUT2D eigenvalue weighted by atomic mass is 10.0. The second-order valence-electron chi connectivity index (χ2n) is 9.31. The molecule has 2 atom stereocenters. The molecular weight excluding hydrogens is 344 g/mol. The van der Waals surface area contributed by atoms with E-state index in [-0.39, 0.29) is 0 Å². The molecule has 3 heterocycles. The number of likely N-dealkylation sites (tertiary alicyclic amines) is 1. The van der Waals surface area contributed by atoms with Gasteiger partial charge < -0.3 is 9.80 Å². The molecule has 160 valence electrons. The van der Waals surface area contributed by atoms with E-state index >= 15 is 0 Å². The molecule has 0 saturated carbocycles. The monoisotopic (exact) mass is 388 g/mol. The van der Waals surface area contributed by atoms with Gasteiger partial charge in [-0.25, -0.2) is 9.97 Å². The van der Waals surface area contributed by atoms with E-state index in [1.807, 2.05) is 0 Å². The Kier molecular flexibility index (Phi) is 10.3. The van der Waals surface area contributed by atoms with Gasteiger partial charge in [-0.05, 0) is 44.2 Å². The maximum atomic E-state index is 4.71. The Morgan fingerprint density at radius 2 is 1.46 bits per heavy atom. The van der Waals surface area contributed by atoms with E-state index in [1.54, 1.807) is 0 Å². The zero-order chi connectivity index (χ0) is 20.4. The van der Waals surface area contributed by atoms with Gasteiger partial charge in [-0.1, -0.05) is 66.2 Å². The van der Waals surface area contributed by atoms with Gasteiger partial charge in [0, 0.05) is 37.6 Å². The van der Waals surface area contributed by atoms with Crippen LogP contribution in [0, 0.1) is 5.92 Å². The van der Waals surface area contributed by atoms with Crippen LogP contribution in [0.25, 0.3) is 0 Å². The van der Waals surface area contributed by atoms with Crippen molar-refractivity contribution in [3.8, 4) is 0 Å². The molecule has 0 radical (unpaired) electrons. The molecule has 3 rings (SSSR count). The van der Waals surface area contributed by atoms with Crippen LogP contribution >= 0.6 is 0 Å². The minimum Gasteiger partial charge on any atom is -0.332 e. The highest BCUT2D eigenvalue weighted by Gasteiger charge is 2.39. The van der Waals surface area contributed by atoms with E-state index in [2.05, 4.69) is 56.9 Å². The first-order valence-electron chi connectivity index (χ1n) is 11.8. The summed E-state index contributed by atoms with van der Waals surface area (Å²) in [5, 5.41) is 0. The zero-order valence-corrected chi connectivity index (χ0v) is 19.2. The van der Waals surface area contributed by atoms with Crippen LogP contribution in [-0.4, -0.2) is 47.1 Å². The molecule has 1 aromatic heterocycles. The van der Waals surface area contributed by atoms with E-state index in [4.69, 9.17) is 9.97 Å². The van der Waals surface area contributed by atoms with Gasteiger partial charge in [-0.3, -0.25) is 0 Å². The van der Waals surface area contributed by atoms with Crippen LogP contribution in [0.4, 0.5) is 5.95 Å². The van der Waals surface area contributed by atoms with Gasteiger partial charge in [0.1, 0.15) is 0 Å². The number of rotatable bonds is 9. The zero-order valence-electron chi connectivity index (χ0n) is 19.2. The summed E-state index contributed by atoms with van der Waals surface area (Å²) in [5.74, 6) is 1.81. The SMILES string of the molecule is CC(C)CCCCCCCc1cnc(N2C3CCC2CN(C)C3)nc1.CCC. The second-order valence-corrected chi connectivity index (χ2v) is 9.31. The number of likely N-dealkylation sites (N-methyl/N-ethyl adjacent to an activating group) is 1. The fourth-order valence-electron chi connectivity index (χ4n) is 4.46. The van der Waals surface area contributed by atoms with Crippen LogP contribution < -0.4 is 4.90 Å². The van der Waals surface area contributed by atoms with Crippen molar-refractivity contribution in [3.63, 3.8) is 0 Å². The summed E-state index contributed by atoms with van der Waals surface area (Å²) in [6, 6.07) is 1.22. The van der Waals surface area contributed by atoms with Crippen molar-refractivity contribution < 1.29 is 0 Å². The minimum atomic E-state index is 0.612. The van der Waals surface area contributed by atoms with Gasteiger partial charge in [0.25, 0.3) is 0 Å². The normalized spacial score (nSPS) is 21.7. The third-order valence-corrected chi connectivity index (χ3v) is 5.83. The summed E-state index contributed by atoms with van der Waals surface area (Å²) >= 11 is 0. The van der Waals surface area contributed by atoms with E-state index in [1.165, 1.54) is 63.4 Å². The third-order valence-electron chi connectivity index (χ3n) is 5.83. The minimum absolute atomic E-state index is 0.612. The number of aryl methyl sites for hydroxylation is 1. The number of unbranched alkanes of at least 4 members (excludes halogenated alkanes) is 4. The van der Waals surface area contributed by atoms with Crippen molar-refractivity contribution in [2.75, 3.05) is 25.0 Å². The Morgan fingerprint density at radius 1 is 0.929 bits per heavy atom. The predicted molar refractivity (Wildman–Crippen MR) is 121 cm³/mol. The average molecular weight is 389 g/mol. The molecule has 2 bridgehead atoms. The van der Waals surface area contributed by atoms with Gasteiger partial charge in [-0.2, -0.15) is 0 Å². The molecule has 2 saturated heterocycles. The molecule has 4 nitrogen and oxygen atoms in total. The van der Waals surface area contributed by atoms with Crippen LogP contribution in [0.15, 0.2) is 12.4 Å². The number of piperazine rings is 1. The molecule has 4 heteroatoms. The molecule has 2 fully saturated rings. The molecule has 0 amide bonds. The number of nitrogens with zero attached hydrogens (tertiary/aromatic N) is 4. The van der Waals surface area contributed by atoms with Crippen molar-refractivity contribution in [1.29, 1.82) is 0 Å². The van der Waals surface area contributed by atoms with E-state index in [0.29, 0.717) is 12.1 Å². The van der Waals surface area contributed by atoms with Crippen LogP contribution in [0.5, 0.6) is 0 Å². The number of hydrogen-bond donors (Lipinski definition) is 0. The first-order valence-corrected chi connectivity index (χ1v) is 11.8. The molecule has 0 aliphatic carbocycles. The van der Waals surface area contributed by atoms with Crippen LogP contribution in [0.1, 0.15) is 91.0 Å². The number of fused-ring (bicyclic) bond motifs is 2. The summed E-state index contributed by atoms with van der Waals surface area (Å²) < 4.78 is 0. The van der Waals surface area contributed by atoms with Gasteiger partial charge in [-0.15, -0.1) is 0 Å². The summed E-state index contributed by atoms with van der Waals surface area (Å²) in [6.07, 6.45) is 17.2. The molecule has 2 unspecified atom stereocenters. The van der Waals surface area contributed by atoms with E-state index < -0.39 is 0 Å². The second kappa shape index (κ2) is 12.4. The lowest BCUT2D eigenvalue weighted by Gasteiger charge is -2.39. The lowest BCUT2D eigenvalue weighted by molar-refractivity contribution is 0.262. The molecule has 0 N–H and O–H groups in total. The Bertz CT molecular complexity index is 514. The molecule has 2 aliphatic heterocycles. The first kappa shape index (κ1) is 23.1. The van der Waals surface area contributed by atoms with Crippen molar-refractivity contribution in [3.05, 3.63) is 18.0 Å². The standard InChI is InChI=1S/C21H36N4.C3H8/c1-17(2)9-7-5-4-6-8-10-18-13-22-21(23-14-18)25-19-11-12-20(25)16-24(3)15-19;1-3-2/h13-14,17,19-20H,4-12,15-16H2,1-3H3;3H2,1-2H3. The summed E-state index contributed by atoms with van der Waals surface area (Å²) in [4.78, 5) is 14.4. The molecule has 28 heavy (non-hydrogen) atoms. The maximum Gasteiger partial charge on any atom is 0.225 e. The fraction of sp³-hybridized carbons (Fsp3) is 0.833. The Hall–Kier alpha value is -1.16. The highest BCUT2D eigenvalue weighted by Crippen LogP contribution is 2.32. The smallest absolute Gasteiger partial charge is 0.225 e. The molecule has 1 aromatic rings. The fourth-order valence-corrected chi connectivity index (χ4v) is 4.46. The number of aromatic nitrogens is 2. The summed E-state index contributed by atoms with van der Waals surface area (Å²) in [7, 11) is 2.23. The molecule has 0 aromatic carbocycles. The summed E-state index contributed by atoms with van der Waals surface area (Å²) in [6.45, 7) is 11.2. The van der Waals surface area contributed by atoms with Crippen molar-refractivity contribution in [2.24, 2.45) is 5.92 Å². The van der Waals surface area contributed by atoms with Crippen LogP contribution in [0.3, 0.4) is 0 Å².